The number of piperidine rings is 1. The molecule has 0 aromatic carbocycles. The fourth-order valence-corrected chi connectivity index (χ4v) is 3.63. The molecule has 1 aromatic rings. The zero-order valence-corrected chi connectivity index (χ0v) is 13.1. The van der Waals surface area contributed by atoms with Gasteiger partial charge in [0.15, 0.2) is 0 Å². The first-order chi connectivity index (χ1) is 9.11. The zero-order chi connectivity index (χ0) is 13.8. The lowest BCUT2D eigenvalue weighted by molar-refractivity contribution is 0.0915. The second-order valence-electron chi connectivity index (χ2n) is 5.15. The summed E-state index contributed by atoms with van der Waals surface area (Å²) in [4.78, 5) is 15.3. The molecule has 19 heavy (non-hydrogen) atoms. The predicted octanol–water partition coefficient (Wildman–Crippen LogP) is 3.31. The molecule has 2 heterocycles. The van der Waals surface area contributed by atoms with Crippen molar-refractivity contribution in [3.63, 3.8) is 0 Å². The number of halogens is 1. The van der Waals surface area contributed by atoms with Crippen LogP contribution in [0.2, 0.25) is 5.02 Å². The highest BCUT2D eigenvalue weighted by molar-refractivity contribution is 7.13. The monoisotopic (exact) mass is 300 g/mol. The third-order valence-corrected chi connectivity index (χ3v) is 5.26. The van der Waals surface area contributed by atoms with E-state index in [0.717, 1.165) is 38.0 Å². The van der Waals surface area contributed by atoms with Gasteiger partial charge in [0.05, 0.1) is 5.02 Å². The molecule has 0 aliphatic carbocycles. The van der Waals surface area contributed by atoms with Gasteiger partial charge in [-0.15, -0.1) is 11.3 Å². The average Bonchev–Trinajstić information content (AvgIpc) is 2.73. The first kappa shape index (κ1) is 14.8. The Morgan fingerprint density at radius 1 is 1.53 bits per heavy atom. The second-order valence-corrected chi connectivity index (χ2v) is 6.41. The minimum absolute atomic E-state index is 0.0166. The molecule has 1 aliphatic rings. The Bertz CT molecular complexity index is 439. The topological polar surface area (TPSA) is 32.3 Å². The molecule has 0 atom stereocenters. The summed E-state index contributed by atoms with van der Waals surface area (Å²) in [6.45, 7) is 7.45. The number of carbonyl (C=O) groups excluding carboxylic acids is 1. The molecule has 5 heteroatoms. The lowest BCUT2D eigenvalue weighted by atomic mass is 10.0. The van der Waals surface area contributed by atoms with Gasteiger partial charge in [-0.2, -0.15) is 0 Å². The van der Waals surface area contributed by atoms with Gasteiger partial charge in [0.2, 0.25) is 0 Å². The molecule has 1 amide bonds. The number of likely N-dealkylation sites (tertiary alicyclic amines) is 1. The summed E-state index contributed by atoms with van der Waals surface area (Å²) in [5, 5.41) is 5.65. The van der Waals surface area contributed by atoms with E-state index in [4.69, 9.17) is 11.6 Å². The fraction of sp³-hybridized carbons (Fsp3) is 0.643. The van der Waals surface area contributed by atoms with Crippen LogP contribution in [-0.2, 0) is 0 Å². The lowest BCUT2D eigenvalue weighted by Crippen LogP contribution is -2.44. The molecule has 0 unspecified atom stereocenters. The summed E-state index contributed by atoms with van der Waals surface area (Å²) in [5.74, 6) is -0.0166. The maximum absolute atomic E-state index is 12.2. The first-order valence-corrected chi connectivity index (χ1v) is 8.14. The Morgan fingerprint density at radius 2 is 2.21 bits per heavy atom. The van der Waals surface area contributed by atoms with Crippen molar-refractivity contribution in [3.8, 4) is 0 Å². The molecule has 0 radical (unpaired) electrons. The number of hydrogen-bond donors (Lipinski definition) is 1. The minimum atomic E-state index is -0.0166. The van der Waals surface area contributed by atoms with Crippen molar-refractivity contribution in [2.75, 3.05) is 19.6 Å². The first-order valence-electron chi connectivity index (χ1n) is 6.88. The third-order valence-electron chi connectivity index (χ3n) is 3.57. The highest BCUT2D eigenvalue weighted by Gasteiger charge is 2.22. The molecular formula is C14H21ClN2OS. The largest absolute Gasteiger partial charge is 0.348 e. The van der Waals surface area contributed by atoms with E-state index in [1.807, 2.05) is 12.3 Å². The van der Waals surface area contributed by atoms with Crippen molar-refractivity contribution in [2.24, 2.45) is 0 Å². The Labute approximate surface area is 123 Å². The van der Waals surface area contributed by atoms with E-state index in [-0.39, 0.29) is 5.91 Å². The molecule has 1 saturated heterocycles. The Hall–Kier alpha value is -0.580. The van der Waals surface area contributed by atoms with E-state index in [2.05, 4.69) is 17.1 Å². The second kappa shape index (κ2) is 6.73. The molecule has 0 saturated carbocycles. The minimum Gasteiger partial charge on any atom is -0.348 e. The number of carbonyl (C=O) groups is 1. The van der Waals surface area contributed by atoms with E-state index in [1.54, 1.807) is 0 Å². The smallest absolute Gasteiger partial charge is 0.263 e. The van der Waals surface area contributed by atoms with Crippen LogP contribution in [-0.4, -0.2) is 36.5 Å². The summed E-state index contributed by atoms with van der Waals surface area (Å²) in [5.41, 5.74) is 0.981. The van der Waals surface area contributed by atoms with Gasteiger partial charge in [0.25, 0.3) is 5.91 Å². The summed E-state index contributed by atoms with van der Waals surface area (Å²) in [6.07, 6.45) is 3.27. The molecule has 0 spiro atoms. The Morgan fingerprint density at radius 3 is 2.74 bits per heavy atom. The van der Waals surface area contributed by atoms with Gasteiger partial charge in [0.1, 0.15) is 4.88 Å². The van der Waals surface area contributed by atoms with Crippen LogP contribution in [0, 0.1) is 6.92 Å². The van der Waals surface area contributed by atoms with E-state index in [1.165, 1.54) is 17.8 Å². The number of thiophene rings is 1. The molecule has 1 fully saturated rings. The standard InChI is InChI=1S/C14H21ClN2OS/c1-3-6-17-7-4-11(5-8-17)16-14(18)13-12(15)10(2)9-19-13/h9,11H,3-8H2,1-2H3,(H,16,18). The van der Waals surface area contributed by atoms with Crippen LogP contribution in [0.25, 0.3) is 0 Å². The Balaban J connectivity index is 1.86. The van der Waals surface area contributed by atoms with E-state index < -0.39 is 0 Å². The van der Waals surface area contributed by atoms with Crippen LogP contribution in [0.4, 0.5) is 0 Å². The number of rotatable bonds is 4. The molecule has 3 nitrogen and oxygen atoms in total. The fourth-order valence-electron chi connectivity index (χ4n) is 2.45. The van der Waals surface area contributed by atoms with Crippen molar-refractivity contribution in [1.29, 1.82) is 0 Å². The van der Waals surface area contributed by atoms with Gasteiger partial charge in [-0.1, -0.05) is 18.5 Å². The van der Waals surface area contributed by atoms with Gasteiger partial charge in [0, 0.05) is 19.1 Å². The molecule has 2 rings (SSSR count). The van der Waals surface area contributed by atoms with Crippen LogP contribution in [0.15, 0.2) is 5.38 Å². The molecule has 1 aromatic heterocycles. The van der Waals surface area contributed by atoms with E-state index in [9.17, 15) is 4.79 Å². The van der Waals surface area contributed by atoms with Crippen LogP contribution < -0.4 is 5.32 Å². The van der Waals surface area contributed by atoms with Crippen LogP contribution in [0.5, 0.6) is 0 Å². The SMILES string of the molecule is CCCN1CCC(NC(=O)c2scc(C)c2Cl)CC1. The molecule has 1 aliphatic heterocycles. The summed E-state index contributed by atoms with van der Waals surface area (Å²) < 4.78 is 0. The average molecular weight is 301 g/mol. The molecule has 1 N–H and O–H groups in total. The van der Waals surface area contributed by atoms with Gasteiger partial charge in [-0.05, 0) is 43.7 Å². The summed E-state index contributed by atoms with van der Waals surface area (Å²) >= 11 is 7.55. The van der Waals surface area contributed by atoms with Crippen LogP contribution in [0.3, 0.4) is 0 Å². The molecular weight excluding hydrogens is 280 g/mol. The Kier molecular flexibility index (Phi) is 5.25. The summed E-state index contributed by atoms with van der Waals surface area (Å²) in [6, 6.07) is 0.291. The molecule has 0 bridgehead atoms. The van der Waals surface area contributed by atoms with Crippen LogP contribution >= 0.6 is 22.9 Å². The summed E-state index contributed by atoms with van der Waals surface area (Å²) in [7, 11) is 0. The maximum atomic E-state index is 12.2. The normalized spacial score (nSPS) is 17.6. The van der Waals surface area contributed by atoms with Crippen molar-refractivity contribution in [2.45, 2.75) is 39.2 Å². The van der Waals surface area contributed by atoms with E-state index in [0.29, 0.717) is 15.9 Å². The van der Waals surface area contributed by atoms with Gasteiger partial charge in [-0.3, -0.25) is 4.79 Å². The van der Waals surface area contributed by atoms with Crippen molar-refractivity contribution in [1.82, 2.24) is 10.2 Å². The maximum Gasteiger partial charge on any atom is 0.263 e. The lowest BCUT2D eigenvalue weighted by Gasteiger charge is -2.32. The highest BCUT2D eigenvalue weighted by atomic mass is 35.5. The number of amides is 1. The van der Waals surface area contributed by atoms with Gasteiger partial charge >= 0.3 is 0 Å². The van der Waals surface area contributed by atoms with Gasteiger partial charge in [-0.25, -0.2) is 0 Å². The quantitative estimate of drug-likeness (QED) is 0.925. The predicted molar refractivity (Wildman–Crippen MR) is 81.3 cm³/mol. The molecule has 106 valence electrons. The highest BCUT2D eigenvalue weighted by Crippen LogP contribution is 2.27. The number of nitrogens with zero attached hydrogens (tertiary/aromatic N) is 1. The third kappa shape index (κ3) is 3.71. The van der Waals surface area contributed by atoms with Gasteiger partial charge < -0.3 is 10.2 Å². The van der Waals surface area contributed by atoms with Crippen molar-refractivity contribution >= 4 is 28.8 Å². The van der Waals surface area contributed by atoms with Crippen molar-refractivity contribution in [3.05, 3.63) is 20.8 Å². The number of hydrogen-bond acceptors (Lipinski definition) is 3. The number of aryl methyl sites for hydroxylation is 1. The number of nitrogens with one attached hydrogen (secondary N) is 1. The zero-order valence-electron chi connectivity index (χ0n) is 11.5. The van der Waals surface area contributed by atoms with Crippen molar-refractivity contribution < 1.29 is 4.79 Å². The van der Waals surface area contributed by atoms with Crippen LogP contribution in [0.1, 0.15) is 41.4 Å². The van der Waals surface area contributed by atoms with E-state index >= 15 is 0 Å².